The van der Waals surface area contributed by atoms with Crippen LogP contribution in [0.1, 0.15) is 12.0 Å². The maximum absolute atomic E-state index is 10.2. The number of benzene rings is 1. The van der Waals surface area contributed by atoms with Gasteiger partial charge in [0.05, 0.1) is 19.3 Å². The van der Waals surface area contributed by atoms with E-state index in [1.165, 1.54) is 6.08 Å². The van der Waals surface area contributed by atoms with Gasteiger partial charge >= 0.3 is 0 Å². The lowest BCUT2D eigenvalue weighted by molar-refractivity contribution is -0.152. The lowest BCUT2D eigenvalue weighted by Crippen LogP contribution is -2.50. The van der Waals surface area contributed by atoms with Gasteiger partial charge in [0.1, 0.15) is 24.4 Å². The second-order valence-electron chi connectivity index (χ2n) is 5.41. The van der Waals surface area contributed by atoms with Gasteiger partial charge < -0.3 is 30.3 Å². The van der Waals surface area contributed by atoms with Gasteiger partial charge in [-0.1, -0.05) is 24.3 Å². The molecule has 0 aliphatic carbocycles. The highest BCUT2D eigenvalue weighted by Gasteiger charge is 2.34. The molecule has 0 saturated carbocycles. The smallest absolute Gasteiger partial charge is 0.111 e. The van der Waals surface area contributed by atoms with E-state index in [9.17, 15) is 20.4 Å². The van der Waals surface area contributed by atoms with Crippen LogP contribution in [0.25, 0.3) is 0 Å². The van der Waals surface area contributed by atoms with Gasteiger partial charge in [-0.2, -0.15) is 0 Å². The molecule has 0 spiro atoms. The number of thioether (sulfide) groups is 1. The largest absolute Gasteiger partial charge is 0.394 e. The molecule has 6 nitrogen and oxygen atoms in total. The Morgan fingerprint density at radius 3 is 2.38 bits per heavy atom. The molecule has 24 heavy (non-hydrogen) atoms. The van der Waals surface area contributed by atoms with Gasteiger partial charge in [0.2, 0.25) is 0 Å². The van der Waals surface area contributed by atoms with Gasteiger partial charge in [0, 0.05) is 4.90 Å². The van der Waals surface area contributed by atoms with Crippen molar-refractivity contribution in [3.05, 3.63) is 42.5 Å². The van der Waals surface area contributed by atoms with E-state index in [1.54, 1.807) is 11.8 Å². The number of aliphatic hydroxyl groups is 5. The summed E-state index contributed by atoms with van der Waals surface area (Å²) in [7, 11) is 0. The summed E-state index contributed by atoms with van der Waals surface area (Å²) in [5.74, 6) is 0. The molecule has 1 aromatic rings. The second kappa shape index (κ2) is 10.8. The predicted octanol–water partition coefficient (Wildman–Crippen LogP) is 0.306. The van der Waals surface area contributed by atoms with Crippen LogP contribution in [0.5, 0.6) is 0 Å². The maximum atomic E-state index is 10.2. The van der Waals surface area contributed by atoms with Crippen LogP contribution < -0.4 is 0 Å². The van der Waals surface area contributed by atoms with Crippen molar-refractivity contribution in [2.45, 2.75) is 48.4 Å². The molecular weight excluding hydrogens is 332 g/mol. The Kier molecular flexibility index (Phi) is 9.53. The summed E-state index contributed by atoms with van der Waals surface area (Å²) in [6.07, 6.45) is -3.40. The fourth-order valence-corrected chi connectivity index (χ4v) is 2.85. The lowest BCUT2D eigenvalue weighted by atomic mass is 9.97. The first-order chi connectivity index (χ1) is 11.5. The Morgan fingerprint density at radius 1 is 1.12 bits per heavy atom. The van der Waals surface area contributed by atoms with E-state index in [-0.39, 0.29) is 13.0 Å². The Bertz CT molecular complexity index is 498. The Labute approximate surface area is 146 Å². The summed E-state index contributed by atoms with van der Waals surface area (Å²) >= 11 is 1.57. The average molecular weight is 358 g/mol. The first kappa shape index (κ1) is 21.1. The van der Waals surface area contributed by atoms with Crippen molar-refractivity contribution in [1.29, 1.82) is 0 Å². The van der Waals surface area contributed by atoms with Crippen molar-refractivity contribution in [2.24, 2.45) is 0 Å². The van der Waals surface area contributed by atoms with Crippen molar-refractivity contribution in [2.75, 3.05) is 12.9 Å². The number of aliphatic hydroxyl groups excluding tert-OH is 5. The normalized spacial score (nSPS) is 17.8. The third-order valence-corrected chi connectivity index (χ3v) is 4.54. The fraction of sp³-hybridized carbons (Fsp3) is 0.529. The summed E-state index contributed by atoms with van der Waals surface area (Å²) in [6.45, 7) is 3.10. The molecule has 0 bridgehead atoms. The molecule has 0 amide bonds. The first-order valence-electron chi connectivity index (χ1n) is 7.63. The molecule has 1 rings (SSSR count). The minimum atomic E-state index is -1.68. The van der Waals surface area contributed by atoms with Crippen molar-refractivity contribution in [3.8, 4) is 0 Å². The molecule has 0 saturated heterocycles. The van der Waals surface area contributed by atoms with Crippen LogP contribution in [0.15, 0.2) is 41.8 Å². The van der Waals surface area contributed by atoms with E-state index in [2.05, 4.69) is 6.58 Å². The summed E-state index contributed by atoms with van der Waals surface area (Å²) in [6, 6.07) is 7.66. The van der Waals surface area contributed by atoms with Crippen LogP contribution in [-0.2, 0) is 11.3 Å². The average Bonchev–Trinajstić information content (AvgIpc) is 2.62. The molecule has 5 N–H and O–H groups in total. The van der Waals surface area contributed by atoms with Crippen LogP contribution in [0.2, 0.25) is 0 Å². The number of hydrogen-bond acceptors (Lipinski definition) is 7. The molecule has 5 unspecified atom stereocenters. The van der Waals surface area contributed by atoms with Crippen LogP contribution in [-0.4, -0.2) is 68.9 Å². The molecule has 136 valence electrons. The number of rotatable bonds is 11. The van der Waals surface area contributed by atoms with Crippen molar-refractivity contribution >= 4 is 11.8 Å². The third kappa shape index (κ3) is 5.86. The third-order valence-electron chi connectivity index (χ3n) is 3.71. The van der Waals surface area contributed by atoms with E-state index in [0.717, 1.165) is 10.5 Å². The quantitative estimate of drug-likeness (QED) is 0.286. The Balaban J connectivity index is 2.76. The van der Waals surface area contributed by atoms with Crippen LogP contribution >= 0.6 is 11.8 Å². The summed E-state index contributed by atoms with van der Waals surface area (Å²) in [4.78, 5) is 1.04. The van der Waals surface area contributed by atoms with Crippen LogP contribution in [0, 0.1) is 0 Å². The molecule has 7 heteroatoms. The molecule has 1 aromatic carbocycles. The minimum absolute atomic E-state index is 0.220. The summed E-state index contributed by atoms with van der Waals surface area (Å²) in [5, 5.41) is 48.2. The summed E-state index contributed by atoms with van der Waals surface area (Å²) in [5.41, 5.74) is 0.941. The number of hydrogen-bond donors (Lipinski definition) is 5. The zero-order valence-corrected chi connectivity index (χ0v) is 14.5. The molecular formula is C17H26O6S. The van der Waals surface area contributed by atoms with Gasteiger partial charge in [0.15, 0.2) is 0 Å². The molecule has 5 atom stereocenters. The maximum Gasteiger partial charge on any atom is 0.111 e. The lowest BCUT2D eigenvalue weighted by Gasteiger charge is -2.30. The van der Waals surface area contributed by atoms with Gasteiger partial charge in [-0.3, -0.25) is 0 Å². The standard InChI is InChI=1S/C17H26O6S/c1-3-6-13(16(21)17(22)15(20)12(19)9-18)23-10-11-7-4-5-8-14(11)24-2/h3-5,7-8,12-13,15-22H,1,6,9-10H2,2H3. The molecule has 0 aliphatic rings. The summed E-state index contributed by atoms with van der Waals surface area (Å²) < 4.78 is 5.71. The minimum Gasteiger partial charge on any atom is -0.394 e. The van der Waals surface area contributed by atoms with Crippen LogP contribution in [0.4, 0.5) is 0 Å². The zero-order chi connectivity index (χ0) is 18.1. The van der Waals surface area contributed by atoms with Gasteiger partial charge in [-0.15, -0.1) is 18.3 Å². The van der Waals surface area contributed by atoms with E-state index in [1.807, 2.05) is 30.5 Å². The van der Waals surface area contributed by atoms with Gasteiger partial charge in [-0.05, 0) is 24.3 Å². The van der Waals surface area contributed by atoms with E-state index >= 15 is 0 Å². The Morgan fingerprint density at radius 2 is 1.79 bits per heavy atom. The van der Waals surface area contributed by atoms with Crippen LogP contribution in [0.3, 0.4) is 0 Å². The van der Waals surface area contributed by atoms with E-state index < -0.39 is 37.1 Å². The van der Waals surface area contributed by atoms with Gasteiger partial charge in [-0.25, -0.2) is 0 Å². The molecule has 0 heterocycles. The topological polar surface area (TPSA) is 110 Å². The van der Waals surface area contributed by atoms with Crippen molar-refractivity contribution in [3.63, 3.8) is 0 Å². The highest BCUT2D eigenvalue weighted by molar-refractivity contribution is 7.98. The predicted molar refractivity (Wildman–Crippen MR) is 92.7 cm³/mol. The molecule has 0 radical (unpaired) electrons. The SMILES string of the molecule is C=CCC(OCc1ccccc1SC)C(O)C(O)C(O)C(O)CO. The highest BCUT2D eigenvalue weighted by Crippen LogP contribution is 2.22. The monoisotopic (exact) mass is 358 g/mol. The number of ether oxygens (including phenoxy) is 1. The van der Waals surface area contributed by atoms with E-state index in [0.29, 0.717) is 0 Å². The first-order valence-corrected chi connectivity index (χ1v) is 8.86. The van der Waals surface area contributed by atoms with Crippen molar-refractivity contribution in [1.82, 2.24) is 0 Å². The fourth-order valence-electron chi connectivity index (χ4n) is 2.25. The molecule has 0 aliphatic heterocycles. The highest BCUT2D eigenvalue weighted by atomic mass is 32.2. The van der Waals surface area contributed by atoms with Gasteiger partial charge in [0.25, 0.3) is 0 Å². The molecule has 0 aromatic heterocycles. The molecule has 0 fully saturated rings. The zero-order valence-electron chi connectivity index (χ0n) is 13.7. The second-order valence-corrected chi connectivity index (χ2v) is 6.26. The van der Waals surface area contributed by atoms with E-state index in [4.69, 9.17) is 9.84 Å². The Hall–Kier alpha value is -0.930. The van der Waals surface area contributed by atoms with Crippen molar-refractivity contribution < 1.29 is 30.3 Å².